The highest BCUT2D eigenvalue weighted by Crippen LogP contribution is 2.32. The summed E-state index contributed by atoms with van der Waals surface area (Å²) < 4.78 is 33.2. The second-order valence-electron chi connectivity index (χ2n) is 6.83. The molecule has 1 aliphatic rings. The summed E-state index contributed by atoms with van der Waals surface area (Å²) >= 11 is 0. The molecule has 0 aliphatic carbocycles. The molecule has 7 nitrogen and oxygen atoms in total. The van der Waals surface area contributed by atoms with Crippen molar-refractivity contribution in [2.75, 3.05) is 51.2 Å². The molecule has 0 aromatic heterocycles. The molecule has 0 atom stereocenters. The van der Waals surface area contributed by atoms with E-state index in [-0.39, 0.29) is 17.3 Å². The highest BCUT2D eigenvalue weighted by Gasteiger charge is 2.31. The van der Waals surface area contributed by atoms with Gasteiger partial charge in [0.2, 0.25) is 5.91 Å². The number of amides is 1. The summed E-state index contributed by atoms with van der Waals surface area (Å²) in [6, 6.07) is 15.0. The first kappa shape index (κ1) is 20.2. The van der Waals surface area contributed by atoms with Crippen LogP contribution in [0.15, 0.2) is 59.5 Å². The van der Waals surface area contributed by atoms with Gasteiger partial charge in [-0.25, -0.2) is 8.42 Å². The van der Waals surface area contributed by atoms with E-state index in [0.717, 1.165) is 17.4 Å². The number of likely N-dealkylation sites (N-methyl/N-ethyl adjacent to an activating group) is 1. The molecule has 2 aromatic carbocycles. The maximum Gasteiger partial charge on any atom is 0.264 e. The number of hydrogen-bond donors (Lipinski definition) is 1. The zero-order valence-corrected chi connectivity index (χ0v) is 17.0. The molecule has 0 radical (unpaired) electrons. The molecule has 1 N–H and O–H groups in total. The van der Waals surface area contributed by atoms with Crippen molar-refractivity contribution in [1.82, 2.24) is 4.90 Å². The first-order valence-electron chi connectivity index (χ1n) is 9.23. The second-order valence-corrected chi connectivity index (χ2v) is 8.70. The number of para-hydroxylation sites is 2. The lowest BCUT2D eigenvalue weighted by molar-refractivity contribution is -0.883. The highest BCUT2D eigenvalue weighted by molar-refractivity contribution is 7.92. The van der Waals surface area contributed by atoms with E-state index in [1.54, 1.807) is 47.4 Å². The van der Waals surface area contributed by atoms with Gasteiger partial charge in [0.1, 0.15) is 12.3 Å². The van der Waals surface area contributed by atoms with Gasteiger partial charge in [0.05, 0.1) is 50.9 Å². The Labute approximate surface area is 166 Å². The van der Waals surface area contributed by atoms with Crippen LogP contribution in [0.4, 0.5) is 5.69 Å². The molecule has 28 heavy (non-hydrogen) atoms. The molecule has 1 fully saturated rings. The lowest BCUT2D eigenvalue weighted by Crippen LogP contribution is -3.12. The Balaban J connectivity index is 1.97. The zero-order chi connectivity index (χ0) is 20.1. The van der Waals surface area contributed by atoms with Gasteiger partial charge in [0, 0.05) is 0 Å². The predicted octanol–water partition coefficient (Wildman–Crippen LogP) is 0.247. The fourth-order valence-electron chi connectivity index (χ4n) is 3.22. The van der Waals surface area contributed by atoms with E-state index < -0.39 is 10.0 Å². The Kier molecular flexibility index (Phi) is 6.21. The molecular weight excluding hydrogens is 378 g/mol. The third-order valence-corrected chi connectivity index (χ3v) is 6.71. The van der Waals surface area contributed by atoms with Crippen molar-refractivity contribution in [3.8, 4) is 5.75 Å². The van der Waals surface area contributed by atoms with Gasteiger partial charge >= 0.3 is 0 Å². The Morgan fingerprint density at radius 2 is 1.68 bits per heavy atom. The number of anilines is 1. The Bertz CT molecular complexity index is 910. The van der Waals surface area contributed by atoms with Crippen molar-refractivity contribution in [2.24, 2.45) is 0 Å². The molecule has 150 valence electrons. The number of methoxy groups -OCH3 is 1. The molecule has 3 rings (SSSR count). The van der Waals surface area contributed by atoms with E-state index in [9.17, 15) is 13.2 Å². The quantitative estimate of drug-likeness (QED) is 0.749. The van der Waals surface area contributed by atoms with Crippen molar-refractivity contribution >= 4 is 21.6 Å². The van der Waals surface area contributed by atoms with Gasteiger partial charge in [-0.05, 0) is 24.3 Å². The van der Waals surface area contributed by atoms with E-state index in [0.29, 0.717) is 24.5 Å². The van der Waals surface area contributed by atoms with Crippen molar-refractivity contribution in [2.45, 2.75) is 4.90 Å². The van der Waals surface area contributed by atoms with E-state index in [4.69, 9.17) is 4.74 Å². The van der Waals surface area contributed by atoms with E-state index in [2.05, 4.69) is 7.05 Å². The number of rotatable bonds is 6. The van der Waals surface area contributed by atoms with Crippen LogP contribution >= 0.6 is 0 Å². The molecule has 0 saturated carbocycles. The van der Waals surface area contributed by atoms with E-state index >= 15 is 0 Å². The first-order valence-corrected chi connectivity index (χ1v) is 10.7. The van der Waals surface area contributed by atoms with Gasteiger partial charge in [-0.3, -0.25) is 9.10 Å². The number of hydrogen-bond acceptors (Lipinski definition) is 4. The van der Waals surface area contributed by atoms with Gasteiger partial charge in [0.15, 0.2) is 0 Å². The predicted molar refractivity (Wildman–Crippen MR) is 107 cm³/mol. The normalized spacial score (nSPS) is 15.3. The lowest BCUT2D eigenvalue weighted by Gasteiger charge is -2.32. The summed E-state index contributed by atoms with van der Waals surface area (Å²) in [6.07, 6.45) is 0. The average molecular weight is 405 g/mol. The highest BCUT2D eigenvalue weighted by atomic mass is 32.2. The van der Waals surface area contributed by atoms with Crippen LogP contribution in [0, 0.1) is 0 Å². The summed E-state index contributed by atoms with van der Waals surface area (Å²) in [5.41, 5.74) is 0.349. The van der Waals surface area contributed by atoms with Crippen LogP contribution in [0.3, 0.4) is 0 Å². The Morgan fingerprint density at radius 1 is 1.07 bits per heavy atom. The first-order chi connectivity index (χ1) is 13.4. The van der Waals surface area contributed by atoms with Crippen LogP contribution < -0.4 is 13.9 Å². The maximum atomic E-state index is 13.4. The van der Waals surface area contributed by atoms with Crippen LogP contribution in [0.25, 0.3) is 0 Å². The summed E-state index contributed by atoms with van der Waals surface area (Å²) in [5, 5.41) is 0. The van der Waals surface area contributed by atoms with Crippen LogP contribution in [0.5, 0.6) is 5.75 Å². The van der Waals surface area contributed by atoms with Gasteiger partial charge in [0.25, 0.3) is 10.0 Å². The monoisotopic (exact) mass is 404 g/mol. The summed E-state index contributed by atoms with van der Waals surface area (Å²) in [5.74, 6) is 0.190. The molecule has 0 bridgehead atoms. The number of ether oxygens (including phenoxy) is 1. The molecular formula is C20H26N3O4S+. The fraction of sp³-hybridized carbons (Fsp3) is 0.350. The van der Waals surface area contributed by atoms with Gasteiger partial charge < -0.3 is 14.5 Å². The topological polar surface area (TPSA) is 71.4 Å². The second kappa shape index (κ2) is 8.62. The molecule has 8 heteroatoms. The Morgan fingerprint density at radius 3 is 2.32 bits per heavy atom. The third kappa shape index (κ3) is 4.28. The standard InChI is InChI=1S/C20H25N3O4S/c1-21-12-14-22(15-13-21)20(24)16-23(18-10-6-7-11-19(18)27-2)28(25,26)17-8-4-3-5-9-17/h3-11H,12-16H2,1-2H3/p+1. The number of carbonyl (C=O) groups is 1. The molecule has 1 saturated heterocycles. The van der Waals surface area contributed by atoms with Crippen molar-refractivity contribution in [1.29, 1.82) is 0 Å². The number of benzene rings is 2. The third-order valence-electron chi connectivity index (χ3n) is 4.93. The SMILES string of the molecule is COc1ccccc1N(CC(=O)N1CC[NH+](C)CC1)S(=O)(=O)c1ccccc1. The average Bonchev–Trinajstić information content (AvgIpc) is 2.73. The van der Waals surface area contributed by atoms with Gasteiger partial charge in [-0.2, -0.15) is 0 Å². The fourth-order valence-corrected chi connectivity index (χ4v) is 4.66. The van der Waals surface area contributed by atoms with Crippen molar-refractivity contribution in [3.63, 3.8) is 0 Å². The number of carbonyl (C=O) groups excluding carboxylic acids is 1. The Hall–Kier alpha value is -2.58. The molecule has 1 amide bonds. The van der Waals surface area contributed by atoms with Crippen LogP contribution in [-0.4, -0.2) is 66.1 Å². The van der Waals surface area contributed by atoms with Crippen LogP contribution in [-0.2, 0) is 14.8 Å². The van der Waals surface area contributed by atoms with Gasteiger partial charge in [-0.15, -0.1) is 0 Å². The number of nitrogens with one attached hydrogen (secondary N) is 1. The lowest BCUT2D eigenvalue weighted by atomic mass is 10.3. The summed E-state index contributed by atoms with van der Waals surface area (Å²) in [4.78, 5) is 16.2. The number of quaternary nitrogens is 1. The summed E-state index contributed by atoms with van der Waals surface area (Å²) in [6.45, 7) is 2.68. The largest absolute Gasteiger partial charge is 0.495 e. The van der Waals surface area contributed by atoms with Crippen LogP contribution in [0.2, 0.25) is 0 Å². The van der Waals surface area contributed by atoms with Crippen molar-refractivity contribution < 1.29 is 22.8 Å². The maximum absolute atomic E-state index is 13.4. The molecule has 2 aromatic rings. The minimum atomic E-state index is -3.93. The molecule has 0 spiro atoms. The minimum absolute atomic E-state index is 0.136. The summed E-state index contributed by atoms with van der Waals surface area (Å²) in [7, 11) is -0.361. The van der Waals surface area contributed by atoms with Gasteiger partial charge in [-0.1, -0.05) is 30.3 Å². The number of sulfonamides is 1. The number of nitrogens with zero attached hydrogens (tertiary/aromatic N) is 2. The number of piperazine rings is 1. The smallest absolute Gasteiger partial charge is 0.264 e. The zero-order valence-electron chi connectivity index (χ0n) is 16.2. The molecule has 0 unspecified atom stereocenters. The molecule has 1 heterocycles. The van der Waals surface area contributed by atoms with E-state index in [1.807, 2.05) is 0 Å². The van der Waals surface area contributed by atoms with Crippen LogP contribution in [0.1, 0.15) is 0 Å². The molecule has 1 aliphatic heterocycles. The van der Waals surface area contributed by atoms with E-state index in [1.165, 1.54) is 24.1 Å². The van der Waals surface area contributed by atoms with Crippen molar-refractivity contribution in [3.05, 3.63) is 54.6 Å². The minimum Gasteiger partial charge on any atom is -0.495 e.